The molecule has 0 aromatic heterocycles. The molecule has 8 heteroatoms. The van der Waals surface area contributed by atoms with Crippen LogP contribution in [0, 0.1) is 0 Å². The topological polar surface area (TPSA) is 84.5 Å². The van der Waals surface area contributed by atoms with Gasteiger partial charge in [-0.3, -0.25) is 9.52 Å². The van der Waals surface area contributed by atoms with Crippen LogP contribution in [0.4, 0.5) is 11.4 Å². The molecule has 0 aliphatic heterocycles. The van der Waals surface area contributed by atoms with Crippen molar-refractivity contribution in [3.8, 4) is 5.75 Å². The molecule has 0 fully saturated rings. The molecule has 3 aromatic carbocycles. The fourth-order valence-electron chi connectivity index (χ4n) is 2.65. The Hall–Kier alpha value is -3.03. The van der Waals surface area contributed by atoms with E-state index in [1.54, 1.807) is 18.2 Å². The molecule has 0 spiro atoms. The Labute approximate surface area is 180 Å². The van der Waals surface area contributed by atoms with Gasteiger partial charge in [0, 0.05) is 10.7 Å². The molecule has 0 heterocycles. The van der Waals surface area contributed by atoms with Crippen LogP contribution in [-0.2, 0) is 21.2 Å². The van der Waals surface area contributed by atoms with Gasteiger partial charge in [0.15, 0.2) is 6.61 Å². The number of halogens is 1. The molecule has 0 saturated carbocycles. The van der Waals surface area contributed by atoms with Crippen molar-refractivity contribution in [2.45, 2.75) is 18.2 Å². The van der Waals surface area contributed by atoms with E-state index in [2.05, 4.69) is 17.0 Å². The Bertz CT molecular complexity index is 1110. The molecular formula is C22H21ClN2O4S. The minimum absolute atomic E-state index is 0.0627. The third-order valence-corrected chi connectivity index (χ3v) is 5.86. The minimum Gasteiger partial charge on any atom is -0.484 e. The van der Waals surface area contributed by atoms with Crippen molar-refractivity contribution in [1.82, 2.24) is 0 Å². The molecule has 1 amide bonds. The second-order valence-corrected chi connectivity index (χ2v) is 8.59. The third kappa shape index (κ3) is 5.98. The first-order valence-electron chi connectivity index (χ1n) is 9.26. The van der Waals surface area contributed by atoms with E-state index in [1.807, 2.05) is 24.3 Å². The lowest BCUT2D eigenvalue weighted by Gasteiger charge is -2.10. The largest absolute Gasteiger partial charge is 0.484 e. The van der Waals surface area contributed by atoms with Gasteiger partial charge in [0.2, 0.25) is 0 Å². The smallest absolute Gasteiger partial charge is 0.262 e. The van der Waals surface area contributed by atoms with Crippen molar-refractivity contribution in [2.24, 2.45) is 0 Å². The van der Waals surface area contributed by atoms with E-state index in [0.717, 1.165) is 6.42 Å². The number of rotatable bonds is 8. The molecule has 3 rings (SSSR count). The molecule has 2 N–H and O–H groups in total. The monoisotopic (exact) mass is 444 g/mol. The molecule has 0 bridgehead atoms. The Morgan fingerprint density at radius 2 is 1.67 bits per heavy atom. The van der Waals surface area contributed by atoms with Crippen LogP contribution in [0.1, 0.15) is 12.5 Å². The molecule has 0 radical (unpaired) electrons. The fourth-order valence-corrected chi connectivity index (χ4v) is 3.89. The quantitative estimate of drug-likeness (QED) is 0.526. The predicted octanol–water partition coefficient (Wildman–Crippen LogP) is 4.72. The summed E-state index contributed by atoms with van der Waals surface area (Å²) in [7, 11) is -3.77. The first-order chi connectivity index (χ1) is 14.4. The Balaban J connectivity index is 1.57. The number of amides is 1. The molecule has 156 valence electrons. The zero-order valence-corrected chi connectivity index (χ0v) is 17.8. The van der Waals surface area contributed by atoms with Crippen LogP contribution in [0.15, 0.2) is 77.7 Å². The maximum atomic E-state index is 12.5. The van der Waals surface area contributed by atoms with Crippen LogP contribution in [0.2, 0.25) is 5.02 Å². The van der Waals surface area contributed by atoms with Gasteiger partial charge in [0.1, 0.15) is 5.75 Å². The fraction of sp³-hybridized carbons (Fsp3) is 0.136. The van der Waals surface area contributed by atoms with Gasteiger partial charge >= 0.3 is 0 Å². The van der Waals surface area contributed by atoms with Gasteiger partial charge in [-0.2, -0.15) is 0 Å². The van der Waals surface area contributed by atoms with Crippen LogP contribution in [0.5, 0.6) is 5.75 Å². The number of carbonyl (C=O) groups excluding carboxylic acids is 1. The number of aryl methyl sites for hydroxylation is 1. The number of nitrogens with one attached hydrogen (secondary N) is 2. The van der Waals surface area contributed by atoms with Crippen molar-refractivity contribution < 1.29 is 17.9 Å². The molecule has 0 atom stereocenters. The van der Waals surface area contributed by atoms with E-state index >= 15 is 0 Å². The van der Waals surface area contributed by atoms with Gasteiger partial charge in [0.05, 0.1) is 10.6 Å². The lowest BCUT2D eigenvalue weighted by atomic mass is 10.2. The Kier molecular flexibility index (Phi) is 6.97. The second-order valence-electron chi connectivity index (χ2n) is 6.47. The van der Waals surface area contributed by atoms with Crippen LogP contribution in [-0.4, -0.2) is 20.9 Å². The lowest BCUT2D eigenvalue weighted by Crippen LogP contribution is -2.20. The highest BCUT2D eigenvalue weighted by Crippen LogP contribution is 2.21. The van der Waals surface area contributed by atoms with Crippen LogP contribution >= 0.6 is 11.6 Å². The zero-order valence-electron chi connectivity index (χ0n) is 16.3. The first-order valence-corrected chi connectivity index (χ1v) is 11.1. The second kappa shape index (κ2) is 9.65. The van der Waals surface area contributed by atoms with E-state index in [0.29, 0.717) is 22.1 Å². The van der Waals surface area contributed by atoms with E-state index < -0.39 is 10.0 Å². The highest BCUT2D eigenvalue weighted by Gasteiger charge is 2.14. The maximum Gasteiger partial charge on any atom is 0.262 e. The number of benzene rings is 3. The van der Waals surface area contributed by atoms with Crippen molar-refractivity contribution >= 4 is 38.9 Å². The van der Waals surface area contributed by atoms with E-state index in [4.69, 9.17) is 16.3 Å². The lowest BCUT2D eigenvalue weighted by molar-refractivity contribution is -0.118. The van der Waals surface area contributed by atoms with Crippen molar-refractivity contribution in [2.75, 3.05) is 16.6 Å². The molecular weight excluding hydrogens is 424 g/mol. The van der Waals surface area contributed by atoms with Gasteiger partial charge < -0.3 is 10.1 Å². The molecule has 3 aromatic rings. The third-order valence-electron chi connectivity index (χ3n) is 4.23. The highest BCUT2D eigenvalue weighted by molar-refractivity contribution is 7.92. The Morgan fingerprint density at radius 1 is 0.967 bits per heavy atom. The van der Waals surface area contributed by atoms with Crippen molar-refractivity contribution in [3.63, 3.8) is 0 Å². The van der Waals surface area contributed by atoms with E-state index in [1.165, 1.54) is 35.9 Å². The molecule has 0 aliphatic carbocycles. The van der Waals surface area contributed by atoms with Gasteiger partial charge in [0.25, 0.3) is 15.9 Å². The summed E-state index contributed by atoms with van der Waals surface area (Å²) < 4.78 is 32.9. The van der Waals surface area contributed by atoms with Crippen molar-refractivity contribution in [3.05, 3.63) is 83.4 Å². The number of hydrogen-bond donors (Lipinski definition) is 2. The summed E-state index contributed by atoms with van der Waals surface area (Å²) in [5.74, 6) is 0.262. The summed E-state index contributed by atoms with van der Waals surface area (Å²) in [5.41, 5.74) is 2.02. The van der Waals surface area contributed by atoms with E-state index in [9.17, 15) is 13.2 Å². The van der Waals surface area contributed by atoms with Gasteiger partial charge in [-0.25, -0.2) is 8.42 Å². The maximum absolute atomic E-state index is 12.5. The van der Waals surface area contributed by atoms with Gasteiger partial charge in [-0.15, -0.1) is 0 Å². The van der Waals surface area contributed by atoms with Crippen LogP contribution in [0.25, 0.3) is 0 Å². The number of anilines is 2. The van der Waals surface area contributed by atoms with Gasteiger partial charge in [-0.1, -0.05) is 36.7 Å². The summed E-state index contributed by atoms with van der Waals surface area (Å²) in [5, 5.41) is 3.10. The standard InChI is InChI=1S/C22H21ClN2O4S/c1-2-16-6-10-20(11-7-16)29-15-22(26)24-18-8-12-21(13-9-18)30(27,28)25-19-5-3-4-17(23)14-19/h3-14,25H,2,15H2,1H3,(H,24,26). The molecule has 0 saturated heterocycles. The first kappa shape index (κ1) is 21.7. The molecule has 0 unspecified atom stereocenters. The molecule has 6 nitrogen and oxygen atoms in total. The SMILES string of the molecule is CCc1ccc(OCC(=O)Nc2ccc(S(=O)(=O)Nc3cccc(Cl)c3)cc2)cc1. The average molecular weight is 445 g/mol. The number of sulfonamides is 1. The summed E-state index contributed by atoms with van der Waals surface area (Å²) in [6.45, 7) is 1.91. The highest BCUT2D eigenvalue weighted by atomic mass is 35.5. The normalized spacial score (nSPS) is 11.0. The Morgan fingerprint density at radius 3 is 2.30 bits per heavy atom. The van der Waals surface area contributed by atoms with Crippen LogP contribution in [0.3, 0.4) is 0 Å². The minimum atomic E-state index is -3.77. The predicted molar refractivity (Wildman–Crippen MR) is 119 cm³/mol. The molecule has 0 aliphatic rings. The van der Waals surface area contributed by atoms with Crippen molar-refractivity contribution in [1.29, 1.82) is 0 Å². The van der Waals surface area contributed by atoms with Crippen LogP contribution < -0.4 is 14.8 Å². The zero-order chi connectivity index (χ0) is 21.6. The number of ether oxygens (including phenoxy) is 1. The van der Waals surface area contributed by atoms with E-state index in [-0.39, 0.29) is 17.4 Å². The number of carbonyl (C=O) groups is 1. The summed E-state index contributed by atoms with van der Waals surface area (Å²) in [6.07, 6.45) is 0.932. The summed E-state index contributed by atoms with van der Waals surface area (Å²) in [6, 6.07) is 19.8. The molecule has 30 heavy (non-hydrogen) atoms. The summed E-state index contributed by atoms with van der Waals surface area (Å²) >= 11 is 5.88. The number of hydrogen-bond acceptors (Lipinski definition) is 4. The van der Waals surface area contributed by atoms with Gasteiger partial charge in [-0.05, 0) is 66.6 Å². The summed E-state index contributed by atoms with van der Waals surface area (Å²) in [4.78, 5) is 12.1. The average Bonchev–Trinajstić information content (AvgIpc) is 2.73.